The van der Waals surface area contributed by atoms with Gasteiger partial charge in [-0.15, -0.1) is 0 Å². The summed E-state index contributed by atoms with van der Waals surface area (Å²) in [6.07, 6.45) is 0. The number of carbonyl (C=O) groups is 2. The van der Waals surface area contributed by atoms with E-state index in [4.69, 9.17) is 21.1 Å². The van der Waals surface area contributed by atoms with Crippen LogP contribution in [0.3, 0.4) is 0 Å². The highest BCUT2D eigenvalue weighted by Gasteiger charge is 2.47. The van der Waals surface area contributed by atoms with E-state index in [2.05, 4.69) is 0 Å². The number of anilines is 2. The Kier molecular flexibility index (Phi) is 6.71. The Morgan fingerprint density at radius 1 is 0.943 bits per heavy atom. The molecule has 8 heteroatoms. The molecule has 4 rings (SSSR count). The lowest BCUT2D eigenvalue weighted by Crippen LogP contribution is -2.29. The minimum Gasteiger partial charge on any atom is -0.507 e. The van der Waals surface area contributed by atoms with Crippen LogP contribution in [-0.2, 0) is 9.59 Å². The maximum Gasteiger partial charge on any atom is 0.300 e. The number of rotatable bonds is 6. The summed E-state index contributed by atoms with van der Waals surface area (Å²) in [7, 11) is 6.70. The molecular weight excluding hydrogens is 468 g/mol. The van der Waals surface area contributed by atoms with Crippen molar-refractivity contribution in [2.24, 2.45) is 0 Å². The maximum absolute atomic E-state index is 13.4. The van der Waals surface area contributed by atoms with Gasteiger partial charge in [0.25, 0.3) is 11.7 Å². The van der Waals surface area contributed by atoms with Gasteiger partial charge in [0.1, 0.15) is 17.3 Å². The summed E-state index contributed by atoms with van der Waals surface area (Å²) in [5.41, 5.74) is 2.28. The molecule has 1 heterocycles. The number of carbonyl (C=O) groups excluding carboxylic acids is 2. The minimum atomic E-state index is -0.854. The number of hydrogen-bond donors (Lipinski definition) is 1. The molecule has 180 valence electrons. The van der Waals surface area contributed by atoms with Gasteiger partial charge in [0, 0.05) is 31.5 Å². The van der Waals surface area contributed by atoms with Crippen molar-refractivity contribution in [2.45, 2.75) is 6.04 Å². The van der Waals surface area contributed by atoms with Crippen LogP contribution in [0.4, 0.5) is 11.4 Å². The number of methoxy groups -OCH3 is 2. The Balaban J connectivity index is 1.95. The van der Waals surface area contributed by atoms with Gasteiger partial charge in [-0.3, -0.25) is 14.5 Å². The number of nitrogens with zero attached hydrogens (tertiary/aromatic N) is 2. The zero-order valence-corrected chi connectivity index (χ0v) is 20.5. The van der Waals surface area contributed by atoms with E-state index >= 15 is 0 Å². The Labute approximate surface area is 208 Å². The fourth-order valence-electron chi connectivity index (χ4n) is 4.15. The highest BCUT2D eigenvalue weighted by molar-refractivity contribution is 6.51. The van der Waals surface area contributed by atoms with E-state index in [1.165, 1.54) is 31.3 Å². The zero-order chi connectivity index (χ0) is 25.3. The number of halogens is 1. The molecule has 0 aromatic heterocycles. The van der Waals surface area contributed by atoms with E-state index in [1.807, 2.05) is 61.5 Å². The minimum absolute atomic E-state index is 0.0550. The van der Waals surface area contributed by atoms with E-state index in [0.717, 1.165) is 5.69 Å². The monoisotopic (exact) mass is 492 g/mol. The molecule has 1 N–H and O–H groups in total. The van der Waals surface area contributed by atoms with Gasteiger partial charge in [-0.2, -0.15) is 0 Å². The number of ether oxygens (including phenoxy) is 2. The molecule has 1 amide bonds. The normalized spacial score (nSPS) is 16.9. The van der Waals surface area contributed by atoms with Crippen LogP contribution in [0.15, 0.2) is 72.3 Å². The summed E-state index contributed by atoms with van der Waals surface area (Å²) in [6, 6.07) is 18.5. The summed E-state index contributed by atoms with van der Waals surface area (Å²) >= 11 is 6.22. The van der Waals surface area contributed by atoms with Crippen molar-refractivity contribution in [1.29, 1.82) is 0 Å². The van der Waals surface area contributed by atoms with Gasteiger partial charge in [0.15, 0.2) is 0 Å². The van der Waals surface area contributed by atoms with Crippen molar-refractivity contribution >= 4 is 40.4 Å². The molecule has 1 aliphatic heterocycles. The van der Waals surface area contributed by atoms with Gasteiger partial charge < -0.3 is 19.5 Å². The largest absolute Gasteiger partial charge is 0.507 e. The average molecular weight is 493 g/mol. The van der Waals surface area contributed by atoms with Crippen LogP contribution in [0.2, 0.25) is 5.02 Å². The van der Waals surface area contributed by atoms with Gasteiger partial charge in [-0.1, -0.05) is 41.9 Å². The van der Waals surface area contributed by atoms with E-state index in [9.17, 15) is 14.7 Å². The first-order valence-corrected chi connectivity index (χ1v) is 11.2. The second kappa shape index (κ2) is 9.72. The van der Waals surface area contributed by atoms with Crippen molar-refractivity contribution in [3.05, 3.63) is 88.5 Å². The van der Waals surface area contributed by atoms with E-state index in [-0.39, 0.29) is 27.7 Å². The van der Waals surface area contributed by atoms with Crippen LogP contribution < -0.4 is 19.3 Å². The molecule has 3 aromatic rings. The van der Waals surface area contributed by atoms with Crippen LogP contribution in [-0.4, -0.2) is 45.1 Å². The van der Waals surface area contributed by atoms with Crippen LogP contribution in [0.5, 0.6) is 11.5 Å². The first kappa shape index (κ1) is 24.2. The molecule has 1 fully saturated rings. The third kappa shape index (κ3) is 4.31. The van der Waals surface area contributed by atoms with Crippen molar-refractivity contribution in [2.75, 3.05) is 38.1 Å². The highest BCUT2D eigenvalue weighted by atomic mass is 35.5. The summed E-state index contributed by atoms with van der Waals surface area (Å²) in [5.74, 6) is -1.39. The van der Waals surface area contributed by atoms with Crippen molar-refractivity contribution in [3.8, 4) is 11.5 Å². The lowest BCUT2D eigenvalue weighted by atomic mass is 9.94. The maximum atomic E-state index is 13.4. The van der Waals surface area contributed by atoms with Crippen molar-refractivity contribution < 1.29 is 24.2 Å². The number of aliphatic hydroxyl groups excluding tert-OH is 1. The van der Waals surface area contributed by atoms with Gasteiger partial charge in [0.2, 0.25) is 0 Å². The average Bonchev–Trinajstić information content (AvgIpc) is 3.14. The fraction of sp³-hybridized carbons (Fsp3) is 0.185. The van der Waals surface area contributed by atoms with Crippen LogP contribution >= 0.6 is 11.6 Å². The third-order valence-electron chi connectivity index (χ3n) is 5.93. The lowest BCUT2D eigenvalue weighted by Gasteiger charge is -2.26. The zero-order valence-electron chi connectivity index (χ0n) is 19.8. The molecule has 0 spiro atoms. The molecule has 0 saturated carbocycles. The van der Waals surface area contributed by atoms with Crippen molar-refractivity contribution in [3.63, 3.8) is 0 Å². The van der Waals surface area contributed by atoms with E-state index < -0.39 is 17.7 Å². The molecule has 1 atom stereocenters. The number of amides is 1. The first-order chi connectivity index (χ1) is 16.8. The molecule has 7 nitrogen and oxygen atoms in total. The number of aliphatic hydroxyl groups is 1. The third-order valence-corrected chi connectivity index (χ3v) is 6.23. The topological polar surface area (TPSA) is 79.3 Å². The van der Waals surface area contributed by atoms with E-state index in [0.29, 0.717) is 17.0 Å². The Bertz CT molecular complexity index is 1300. The van der Waals surface area contributed by atoms with Crippen LogP contribution in [0, 0.1) is 0 Å². The van der Waals surface area contributed by atoms with Crippen molar-refractivity contribution in [1.82, 2.24) is 0 Å². The lowest BCUT2D eigenvalue weighted by molar-refractivity contribution is -0.132. The predicted molar refractivity (Wildman–Crippen MR) is 137 cm³/mol. The fourth-order valence-corrected chi connectivity index (χ4v) is 4.38. The van der Waals surface area contributed by atoms with Gasteiger partial charge in [-0.25, -0.2) is 0 Å². The quantitative estimate of drug-likeness (QED) is 0.295. The Morgan fingerprint density at radius 2 is 1.57 bits per heavy atom. The summed E-state index contributed by atoms with van der Waals surface area (Å²) in [6.45, 7) is 0. The Morgan fingerprint density at radius 3 is 2.14 bits per heavy atom. The number of ketones is 1. The van der Waals surface area contributed by atoms with Gasteiger partial charge in [0.05, 0.1) is 36.4 Å². The first-order valence-electron chi connectivity index (χ1n) is 10.8. The standard InChI is InChI=1S/C27H25ClN2O5/c1-29(2)17-10-12-18(13-11-17)30-24(16-8-6-5-7-9-16)23(26(32)27(30)33)25(31)19-14-22(35-4)20(28)15-21(19)34-3/h5-15,24,31H,1-4H3/b25-23+. The van der Waals surface area contributed by atoms with Crippen LogP contribution in [0.25, 0.3) is 5.76 Å². The SMILES string of the molecule is COc1cc(/C(O)=C2\C(=O)C(=O)N(c3ccc(N(C)C)cc3)C2c2ccccc2)c(OC)cc1Cl. The molecule has 1 saturated heterocycles. The number of hydrogen-bond acceptors (Lipinski definition) is 6. The number of benzene rings is 3. The molecule has 3 aromatic carbocycles. The second-order valence-electron chi connectivity index (χ2n) is 8.18. The molecular formula is C27H25ClN2O5. The predicted octanol–water partition coefficient (Wildman–Crippen LogP) is 5.05. The molecule has 0 aliphatic carbocycles. The van der Waals surface area contributed by atoms with Gasteiger partial charge in [-0.05, 0) is 35.9 Å². The molecule has 0 radical (unpaired) electrons. The summed E-state index contributed by atoms with van der Waals surface area (Å²) < 4.78 is 10.7. The second-order valence-corrected chi connectivity index (χ2v) is 8.58. The van der Waals surface area contributed by atoms with Gasteiger partial charge >= 0.3 is 0 Å². The molecule has 1 unspecified atom stereocenters. The highest BCUT2D eigenvalue weighted by Crippen LogP contribution is 2.44. The molecule has 35 heavy (non-hydrogen) atoms. The molecule has 1 aliphatic rings. The van der Waals surface area contributed by atoms with E-state index in [1.54, 1.807) is 12.1 Å². The van der Waals surface area contributed by atoms with Crippen LogP contribution in [0.1, 0.15) is 17.2 Å². The summed E-state index contributed by atoms with van der Waals surface area (Å²) in [4.78, 5) is 30.0. The summed E-state index contributed by atoms with van der Waals surface area (Å²) in [5, 5.41) is 11.7. The smallest absolute Gasteiger partial charge is 0.300 e. The molecule has 0 bridgehead atoms. The Hall–Kier alpha value is -3.97. The number of Topliss-reactive ketones (excluding diaryl/α,β-unsaturated/α-hetero) is 1.